The highest BCUT2D eigenvalue weighted by atomic mass is 32.1. The molecule has 0 radical (unpaired) electrons. The van der Waals surface area contributed by atoms with Gasteiger partial charge in [-0.2, -0.15) is 0 Å². The summed E-state index contributed by atoms with van der Waals surface area (Å²) in [6, 6.07) is 0. The number of ether oxygens (including phenoxy) is 1. The molecule has 0 aromatic rings. The molecule has 0 bridgehead atoms. The van der Waals surface area contributed by atoms with Gasteiger partial charge in [0.05, 0.1) is 11.6 Å². The van der Waals surface area contributed by atoms with E-state index in [0.29, 0.717) is 4.99 Å². The van der Waals surface area contributed by atoms with Crippen LogP contribution in [0.25, 0.3) is 0 Å². The molecule has 0 atom stereocenters. The van der Waals surface area contributed by atoms with Gasteiger partial charge in [0.1, 0.15) is 0 Å². The average molecular weight is 232 g/mol. The molecular weight excluding hydrogens is 208 g/mol. The van der Waals surface area contributed by atoms with Crippen molar-refractivity contribution in [3.8, 4) is 0 Å². The Hall–Kier alpha value is -0.190. The number of nitrogens with zero attached hydrogens (tertiary/aromatic N) is 1. The van der Waals surface area contributed by atoms with E-state index in [9.17, 15) is 0 Å². The van der Waals surface area contributed by atoms with Crippen molar-refractivity contribution >= 4 is 17.2 Å². The summed E-state index contributed by atoms with van der Waals surface area (Å²) in [5.74, 6) is 0.736. The third-order valence-electron chi connectivity index (χ3n) is 2.31. The topological polar surface area (TPSA) is 38.5 Å². The summed E-state index contributed by atoms with van der Waals surface area (Å²) in [4.78, 5) is 2.96. The second-order valence-corrected chi connectivity index (χ2v) is 4.76. The van der Waals surface area contributed by atoms with E-state index in [2.05, 4.69) is 18.7 Å². The van der Waals surface area contributed by atoms with Crippen molar-refractivity contribution in [2.24, 2.45) is 11.7 Å². The molecule has 0 saturated carbocycles. The van der Waals surface area contributed by atoms with Crippen LogP contribution in [0.2, 0.25) is 0 Å². The van der Waals surface area contributed by atoms with Crippen LogP contribution in [-0.2, 0) is 4.74 Å². The Kier molecular flexibility index (Phi) is 8.95. The van der Waals surface area contributed by atoms with Crippen LogP contribution in [0.3, 0.4) is 0 Å². The molecule has 0 aliphatic carbocycles. The molecule has 4 heteroatoms. The van der Waals surface area contributed by atoms with E-state index in [1.165, 1.54) is 6.42 Å². The quantitative estimate of drug-likeness (QED) is 0.614. The van der Waals surface area contributed by atoms with Crippen molar-refractivity contribution in [3.05, 3.63) is 0 Å². The Morgan fingerprint density at radius 1 is 1.33 bits per heavy atom. The zero-order chi connectivity index (χ0) is 11.7. The van der Waals surface area contributed by atoms with Crippen molar-refractivity contribution in [1.29, 1.82) is 0 Å². The minimum atomic E-state index is 0.599. The summed E-state index contributed by atoms with van der Waals surface area (Å²) in [5, 5.41) is 0. The van der Waals surface area contributed by atoms with E-state index in [4.69, 9.17) is 22.7 Å². The summed E-state index contributed by atoms with van der Waals surface area (Å²) in [6.07, 6.45) is 2.01. The molecule has 0 aromatic heterocycles. The second-order valence-electron chi connectivity index (χ2n) is 4.23. The monoisotopic (exact) mass is 232 g/mol. The van der Waals surface area contributed by atoms with Gasteiger partial charge in [0.25, 0.3) is 0 Å². The average Bonchev–Trinajstić information content (AvgIpc) is 2.16. The van der Waals surface area contributed by atoms with E-state index < -0.39 is 0 Å². The van der Waals surface area contributed by atoms with Crippen LogP contribution >= 0.6 is 12.2 Å². The molecular formula is C11H24N2OS. The van der Waals surface area contributed by atoms with Crippen LogP contribution in [0.15, 0.2) is 0 Å². The van der Waals surface area contributed by atoms with E-state index >= 15 is 0 Å². The zero-order valence-electron chi connectivity index (χ0n) is 10.2. The normalized spacial score (nSPS) is 11.3. The van der Waals surface area contributed by atoms with E-state index in [0.717, 1.165) is 38.6 Å². The molecule has 3 nitrogen and oxygen atoms in total. The Balaban J connectivity index is 3.77. The molecule has 0 saturated heterocycles. The smallest absolute Gasteiger partial charge is 0.0740 e. The number of hydrogen-bond donors (Lipinski definition) is 1. The lowest BCUT2D eigenvalue weighted by atomic mass is 10.1. The maximum absolute atomic E-state index is 5.50. The first-order chi connectivity index (χ1) is 7.06. The van der Waals surface area contributed by atoms with Gasteiger partial charge in [-0.1, -0.05) is 26.1 Å². The van der Waals surface area contributed by atoms with Crippen LogP contribution in [0.5, 0.6) is 0 Å². The Morgan fingerprint density at radius 3 is 2.47 bits per heavy atom. The van der Waals surface area contributed by atoms with Gasteiger partial charge < -0.3 is 15.4 Å². The third kappa shape index (κ3) is 10.1. The first-order valence-corrected chi connectivity index (χ1v) is 5.96. The fourth-order valence-corrected chi connectivity index (χ4v) is 1.36. The van der Waals surface area contributed by atoms with Gasteiger partial charge in [-0.15, -0.1) is 0 Å². The first kappa shape index (κ1) is 14.8. The molecule has 0 unspecified atom stereocenters. The van der Waals surface area contributed by atoms with Gasteiger partial charge >= 0.3 is 0 Å². The molecule has 0 fully saturated rings. The van der Waals surface area contributed by atoms with Gasteiger partial charge in [0.15, 0.2) is 0 Å². The molecule has 0 spiro atoms. The maximum atomic E-state index is 5.50. The van der Waals surface area contributed by atoms with Crippen LogP contribution in [0, 0.1) is 5.92 Å². The Labute approximate surface area is 99.0 Å². The number of methoxy groups -OCH3 is 1. The highest BCUT2D eigenvalue weighted by Crippen LogP contribution is 2.02. The molecule has 2 N–H and O–H groups in total. The van der Waals surface area contributed by atoms with E-state index in [1.54, 1.807) is 7.11 Å². The molecule has 0 amide bonds. The fourth-order valence-electron chi connectivity index (χ4n) is 1.26. The molecule has 0 rings (SSSR count). The Bertz CT molecular complexity index is 174. The summed E-state index contributed by atoms with van der Waals surface area (Å²) in [7, 11) is 1.73. The molecule has 0 heterocycles. The van der Waals surface area contributed by atoms with Gasteiger partial charge in [-0.3, -0.25) is 0 Å². The van der Waals surface area contributed by atoms with Crippen molar-refractivity contribution in [3.63, 3.8) is 0 Å². The standard InChI is InChI=1S/C11H24N2OS/c1-10(2)4-6-13(8-9-14-3)7-5-11(12)15/h10H,4-9H2,1-3H3,(H2,12,15). The molecule has 0 aliphatic rings. The van der Waals surface area contributed by atoms with Crippen molar-refractivity contribution in [2.75, 3.05) is 33.4 Å². The number of rotatable bonds is 9. The predicted molar refractivity (Wildman–Crippen MR) is 69.2 cm³/mol. The van der Waals surface area contributed by atoms with Crippen LogP contribution in [0.4, 0.5) is 0 Å². The van der Waals surface area contributed by atoms with E-state index in [1.807, 2.05) is 0 Å². The molecule has 15 heavy (non-hydrogen) atoms. The molecule has 0 aromatic carbocycles. The minimum Gasteiger partial charge on any atom is -0.393 e. The highest BCUT2D eigenvalue weighted by molar-refractivity contribution is 7.80. The van der Waals surface area contributed by atoms with Crippen LogP contribution < -0.4 is 5.73 Å². The fraction of sp³-hybridized carbons (Fsp3) is 0.909. The summed E-state index contributed by atoms with van der Waals surface area (Å²) >= 11 is 4.88. The van der Waals surface area contributed by atoms with Crippen molar-refractivity contribution in [2.45, 2.75) is 26.7 Å². The first-order valence-electron chi connectivity index (χ1n) is 5.55. The lowest BCUT2D eigenvalue weighted by molar-refractivity contribution is 0.146. The van der Waals surface area contributed by atoms with Gasteiger partial charge in [0, 0.05) is 26.6 Å². The van der Waals surface area contributed by atoms with Gasteiger partial charge in [-0.05, 0) is 18.9 Å². The van der Waals surface area contributed by atoms with Crippen molar-refractivity contribution < 1.29 is 4.74 Å². The summed E-state index contributed by atoms with van der Waals surface area (Å²) < 4.78 is 5.08. The third-order valence-corrected chi connectivity index (χ3v) is 2.51. The summed E-state index contributed by atoms with van der Waals surface area (Å²) in [6.45, 7) is 8.26. The maximum Gasteiger partial charge on any atom is 0.0740 e. The summed E-state index contributed by atoms with van der Waals surface area (Å²) in [5.41, 5.74) is 5.50. The largest absolute Gasteiger partial charge is 0.393 e. The predicted octanol–water partition coefficient (Wildman–Crippen LogP) is 1.66. The zero-order valence-corrected chi connectivity index (χ0v) is 11.0. The van der Waals surface area contributed by atoms with Crippen LogP contribution in [-0.4, -0.2) is 43.2 Å². The van der Waals surface area contributed by atoms with Gasteiger partial charge in [-0.25, -0.2) is 0 Å². The molecule has 0 aliphatic heterocycles. The molecule has 90 valence electrons. The Morgan fingerprint density at radius 2 is 2.00 bits per heavy atom. The lowest BCUT2D eigenvalue weighted by Crippen LogP contribution is -2.32. The highest BCUT2D eigenvalue weighted by Gasteiger charge is 2.06. The number of thiocarbonyl (C=S) groups is 1. The minimum absolute atomic E-state index is 0.599. The van der Waals surface area contributed by atoms with E-state index in [-0.39, 0.29) is 0 Å². The number of nitrogens with two attached hydrogens (primary N) is 1. The van der Waals surface area contributed by atoms with Crippen molar-refractivity contribution in [1.82, 2.24) is 4.90 Å². The second kappa shape index (κ2) is 9.07. The van der Waals surface area contributed by atoms with Crippen LogP contribution in [0.1, 0.15) is 26.7 Å². The SMILES string of the molecule is COCCN(CCC(N)=S)CCC(C)C. The number of hydrogen-bond acceptors (Lipinski definition) is 3. The van der Waals surface area contributed by atoms with Gasteiger partial charge in [0.2, 0.25) is 0 Å². The lowest BCUT2D eigenvalue weighted by Gasteiger charge is -2.22.